The lowest BCUT2D eigenvalue weighted by Gasteiger charge is -2.13. The lowest BCUT2D eigenvalue weighted by atomic mass is 10.2. The molecule has 2 aromatic rings. The summed E-state index contributed by atoms with van der Waals surface area (Å²) in [6, 6.07) is 13.6. The summed E-state index contributed by atoms with van der Waals surface area (Å²) < 4.78 is 16.1. The molecule has 2 aromatic carbocycles. The van der Waals surface area contributed by atoms with Gasteiger partial charge < -0.3 is 14.2 Å². The lowest BCUT2D eigenvalue weighted by molar-refractivity contribution is -0.123. The van der Waals surface area contributed by atoms with Crippen molar-refractivity contribution in [1.29, 1.82) is 0 Å². The number of hydrogen-bond acceptors (Lipinski definition) is 6. The Kier molecular flexibility index (Phi) is 8.23. The van der Waals surface area contributed by atoms with Crippen LogP contribution in [0.5, 0.6) is 17.2 Å². The van der Waals surface area contributed by atoms with Gasteiger partial charge in [-0.1, -0.05) is 12.1 Å². The molecule has 0 atom stereocenters. The van der Waals surface area contributed by atoms with Crippen LogP contribution in [0.2, 0.25) is 0 Å². The summed E-state index contributed by atoms with van der Waals surface area (Å²) in [6.07, 6.45) is 0.0435. The molecule has 2 rings (SSSR count). The summed E-state index contributed by atoms with van der Waals surface area (Å²) in [6.45, 7) is 3.57. The topological polar surface area (TPSA) is 97.9 Å². The third kappa shape index (κ3) is 7.30. The van der Waals surface area contributed by atoms with Crippen LogP contribution in [0.3, 0.4) is 0 Å². The van der Waals surface area contributed by atoms with Gasteiger partial charge in [-0.2, -0.15) is 0 Å². The van der Waals surface area contributed by atoms with Crippen LogP contribution in [-0.2, 0) is 4.79 Å². The van der Waals surface area contributed by atoms with Crippen LogP contribution in [0.1, 0.15) is 24.2 Å². The predicted molar refractivity (Wildman–Crippen MR) is 112 cm³/mol. The fraction of sp³-hybridized carbons (Fsp3) is 0.250. The molecule has 0 saturated heterocycles. The number of carbonyl (C=O) groups excluding carboxylic acids is 2. The number of methoxy groups -OCH3 is 1. The maximum Gasteiger partial charge on any atom is 0.276 e. The van der Waals surface area contributed by atoms with Crippen LogP contribution in [0, 0.1) is 0 Å². The standard InChI is InChI=1S/C20H23N3O5S/c1-13(2)28-15-10-8-14(9-11-15)19(25)21-20(29)23-22-18(24)12-27-17-7-5-4-6-16(17)26-3/h4-11,13H,12H2,1-3H3,(H,22,24)(H2,21,23,25,29). The molecule has 29 heavy (non-hydrogen) atoms. The van der Waals surface area contributed by atoms with Crippen LogP contribution >= 0.6 is 12.2 Å². The molecule has 0 aliphatic rings. The summed E-state index contributed by atoms with van der Waals surface area (Å²) in [5.74, 6) is 0.715. The van der Waals surface area contributed by atoms with Gasteiger partial charge in [0, 0.05) is 5.56 Å². The second-order valence-electron chi connectivity index (χ2n) is 6.09. The molecule has 3 N–H and O–H groups in total. The highest BCUT2D eigenvalue weighted by Crippen LogP contribution is 2.25. The Morgan fingerprint density at radius 3 is 2.28 bits per heavy atom. The molecule has 0 aromatic heterocycles. The Bertz CT molecular complexity index is 855. The highest BCUT2D eigenvalue weighted by molar-refractivity contribution is 7.80. The van der Waals surface area contributed by atoms with Crippen molar-refractivity contribution >= 4 is 29.1 Å². The molecule has 0 unspecified atom stereocenters. The van der Waals surface area contributed by atoms with Crippen molar-refractivity contribution in [3.05, 3.63) is 54.1 Å². The van der Waals surface area contributed by atoms with E-state index in [2.05, 4.69) is 16.2 Å². The van der Waals surface area contributed by atoms with Gasteiger partial charge >= 0.3 is 0 Å². The molecule has 0 spiro atoms. The van der Waals surface area contributed by atoms with Gasteiger partial charge in [0.15, 0.2) is 23.2 Å². The maximum absolute atomic E-state index is 12.2. The maximum atomic E-state index is 12.2. The normalized spacial score (nSPS) is 10.1. The lowest BCUT2D eigenvalue weighted by Crippen LogP contribution is -2.49. The number of ether oxygens (including phenoxy) is 3. The number of carbonyl (C=O) groups is 2. The first-order valence-corrected chi connectivity index (χ1v) is 9.22. The molecule has 0 aliphatic carbocycles. The van der Waals surface area contributed by atoms with Crippen LogP contribution < -0.4 is 30.4 Å². The predicted octanol–water partition coefficient (Wildman–Crippen LogP) is 2.20. The number of benzene rings is 2. The zero-order valence-electron chi connectivity index (χ0n) is 16.4. The van der Waals surface area contributed by atoms with E-state index in [9.17, 15) is 9.59 Å². The molecule has 0 heterocycles. The van der Waals surface area contributed by atoms with Gasteiger partial charge in [0.1, 0.15) is 5.75 Å². The van der Waals surface area contributed by atoms with Crippen LogP contribution in [-0.4, -0.2) is 36.7 Å². The molecule has 154 valence electrons. The van der Waals surface area contributed by atoms with Crippen molar-refractivity contribution in [3.63, 3.8) is 0 Å². The molecule has 0 fully saturated rings. The summed E-state index contributed by atoms with van der Waals surface area (Å²) in [7, 11) is 1.51. The van der Waals surface area contributed by atoms with E-state index >= 15 is 0 Å². The van der Waals surface area contributed by atoms with E-state index in [0.717, 1.165) is 0 Å². The third-order valence-corrected chi connectivity index (χ3v) is 3.66. The summed E-state index contributed by atoms with van der Waals surface area (Å²) in [4.78, 5) is 24.1. The number of hydrazine groups is 1. The fourth-order valence-corrected chi connectivity index (χ4v) is 2.35. The van der Waals surface area contributed by atoms with E-state index in [1.54, 1.807) is 48.5 Å². The largest absolute Gasteiger partial charge is 0.493 e. The molecular weight excluding hydrogens is 394 g/mol. The molecule has 0 radical (unpaired) electrons. The van der Waals surface area contributed by atoms with Gasteiger partial charge in [0.05, 0.1) is 13.2 Å². The van der Waals surface area contributed by atoms with Gasteiger partial charge in [-0.3, -0.25) is 25.8 Å². The monoisotopic (exact) mass is 417 g/mol. The molecule has 2 amide bonds. The molecule has 0 aliphatic heterocycles. The SMILES string of the molecule is COc1ccccc1OCC(=O)NNC(=S)NC(=O)c1ccc(OC(C)C)cc1. The van der Waals surface area contributed by atoms with Crippen LogP contribution in [0.15, 0.2) is 48.5 Å². The second-order valence-corrected chi connectivity index (χ2v) is 6.50. The Hall–Kier alpha value is -3.33. The van der Waals surface area contributed by atoms with E-state index in [1.807, 2.05) is 13.8 Å². The van der Waals surface area contributed by atoms with E-state index in [0.29, 0.717) is 22.8 Å². The highest BCUT2D eigenvalue weighted by atomic mass is 32.1. The number of thiocarbonyl (C=S) groups is 1. The molecular formula is C20H23N3O5S. The first-order valence-electron chi connectivity index (χ1n) is 8.81. The first kappa shape index (κ1) is 22.0. The number of hydrogen-bond donors (Lipinski definition) is 3. The van der Waals surface area contributed by atoms with Crippen molar-refractivity contribution < 1.29 is 23.8 Å². The second kappa shape index (κ2) is 10.9. The van der Waals surface area contributed by atoms with Gasteiger partial charge in [0.25, 0.3) is 11.8 Å². The zero-order valence-corrected chi connectivity index (χ0v) is 17.2. The molecule has 0 saturated carbocycles. The van der Waals surface area contributed by atoms with E-state index in [4.69, 9.17) is 26.4 Å². The Morgan fingerprint density at radius 1 is 1.00 bits per heavy atom. The quantitative estimate of drug-likeness (QED) is 0.469. The smallest absolute Gasteiger partial charge is 0.276 e. The molecule has 8 nitrogen and oxygen atoms in total. The van der Waals surface area contributed by atoms with E-state index in [1.165, 1.54) is 7.11 Å². The fourth-order valence-electron chi connectivity index (χ4n) is 2.21. The summed E-state index contributed by atoms with van der Waals surface area (Å²) in [5, 5.41) is 2.42. The van der Waals surface area contributed by atoms with Gasteiger partial charge in [0.2, 0.25) is 0 Å². The van der Waals surface area contributed by atoms with Crippen molar-refractivity contribution in [2.45, 2.75) is 20.0 Å². The third-order valence-electron chi connectivity index (χ3n) is 3.46. The Balaban J connectivity index is 1.75. The van der Waals surface area contributed by atoms with E-state index < -0.39 is 11.8 Å². The van der Waals surface area contributed by atoms with E-state index in [-0.39, 0.29) is 17.8 Å². The number of nitrogens with one attached hydrogen (secondary N) is 3. The van der Waals surface area contributed by atoms with Crippen LogP contribution in [0.4, 0.5) is 0 Å². The minimum atomic E-state index is -0.484. The first-order chi connectivity index (χ1) is 13.9. The molecule has 0 bridgehead atoms. The number of amides is 2. The van der Waals surface area contributed by atoms with Gasteiger partial charge in [-0.25, -0.2) is 0 Å². The van der Waals surface area contributed by atoms with Crippen molar-refractivity contribution in [1.82, 2.24) is 16.2 Å². The van der Waals surface area contributed by atoms with Crippen molar-refractivity contribution in [2.75, 3.05) is 13.7 Å². The van der Waals surface area contributed by atoms with Gasteiger partial charge in [-0.15, -0.1) is 0 Å². The Morgan fingerprint density at radius 2 is 1.66 bits per heavy atom. The van der Waals surface area contributed by atoms with Crippen LogP contribution in [0.25, 0.3) is 0 Å². The Labute approximate surface area is 174 Å². The van der Waals surface area contributed by atoms with Crippen molar-refractivity contribution in [2.24, 2.45) is 0 Å². The minimum Gasteiger partial charge on any atom is -0.493 e. The average molecular weight is 417 g/mol. The highest BCUT2D eigenvalue weighted by Gasteiger charge is 2.10. The molecule has 9 heteroatoms. The summed E-state index contributed by atoms with van der Waals surface area (Å²) >= 11 is 5.01. The minimum absolute atomic E-state index is 0.0435. The number of rotatable bonds is 7. The van der Waals surface area contributed by atoms with Gasteiger partial charge in [-0.05, 0) is 62.5 Å². The average Bonchev–Trinajstić information content (AvgIpc) is 2.71. The number of para-hydroxylation sites is 2. The van der Waals surface area contributed by atoms with Crippen molar-refractivity contribution in [3.8, 4) is 17.2 Å². The summed E-state index contributed by atoms with van der Waals surface area (Å²) in [5.41, 5.74) is 5.20. The zero-order chi connectivity index (χ0) is 21.2.